The van der Waals surface area contributed by atoms with Crippen molar-refractivity contribution >= 4 is 5.91 Å². The van der Waals surface area contributed by atoms with Crippen molar-refractivity contribution in [2.75, 3.05) is 20.3 Å². The second-order valence-electron chi connectivity index (χ2n) is 6.47. The van der Waals surface area contributed by atoms with Gasteiger partial charge in [-0.15, -0.1) is 0 Å². The number of carbonyl (C=O) groups excluding carboxylic acids is 1. The van der Waals surface area contributed by atoms with Crippen LogP contribution in [0.4, 0.5) is 0 Å². The summed E-state index contributed by atoms with van der Waals surface area (Å²) in [7, 11) is 1.76. The molecule has 6 heteroatoms. The fraction of sp³-hybridized carbons (Fsp3) is 0.273. The van der Waals surface area contributed by atoms with Gasteiger partial charge in [0.05, 0.1) is 19.3 Å². The Kier molecular flexibility index (Phi) is 6.68. The van der Waals surface area contributed by atoms with Crippen molar-refractivity contribution < 1.29 is 14.3 Å². The number of benzene rings is 2. The molecule has 6 nitrogen and oxygen atoms in total. The molecule has 0 aliphatic rings. The van der Waals surface area contributed by atoms with Crippen LogP contribution in [0.5, 0.6) is 11.5 Å². The number of likely N-dealkylation sites (N-methyl/N-ethyl adjacent to an activating group) is 1. The van der Waals surface area contributed by atoms with Gasteiger partial charge in [-0.1, -0.05) is 30.3 Å². The quantitative estimate of drug-likeness (QED) is 0.572. The summed E-state index contributed by atoms with van der Waals surface area (Å²) >= 11 is 0. The van der Waals surface area contributed by atoms with Crippen molar-refractivity contribution in [1.29, 1.82) is 0 Å². The van der Waals surface area contributed by atoms with E-state index >= 15 is 0 Å². The minimum Gasteiger partial charge on any atom is -0.494 e. The van der Waals surface area contributed by atoms with Gasteiger partial charge in [0, 0.05) is 25.4 Å². The third-order valence-electron chi connectivity index (χ3n) is 4.22. The second kappa shape index (κ2) is 9.60. The summed E-state index contributed by atoms with van der Waals surface area (Å²) in [5, 5.41) is 4.38. The Balaban J connectivity index is 1.47. The first-order valence-electron chi connectivity index (χ1n) is 9.29. The van der Waals surface area contributed by atoms with Crippen molar-refractivity contribution in [3.05, 3.63) is 78.1 Å². The average Bonchev–Trinajstić information content (AvgIpc) is 3.15. The maximum atomic E-state index is 12.3. The maximum Gasteiger partial charge on any atom is 0.260 e. The Morgan fingerprint density at radius 2 is 1.68 bits per heavy atom. The topological polar surface area (TPSA) is 56.6 Å². The van der Waals surface area contributed by atoms with Gasteiger partial charge in [0.2, 0.25) is 0 Å². The lowest BCUT2D eigenvalue weighted by Crippen LogP contribution is -2.30. The van der Waals surface area contributed by atoms with Crippen molar-refractivity contribution in [1.82, 2.24) is 14.7 Å². The standard InChI is InChI=1S/C22H25N3O3/c1-3-27-20-9-11-21(12-10-20)28-17-22(26)24(2)14-19-13-23-25(16-19)15-18-7-5-4-6-8-18/h4-13,16H,3,14-15,17H2,1-2H3. The van der Waals surface area contributed by atoms with Gasteiger partial charge < -0.3 is 14.4 Å². The highest BCUT2D eigenvalue weighted by Gasteiger charge is 2.11. The highest BCUT2D eigenvalue weighted by Crippen LogP contribution is 2.17. The molecule has 28 heavy (non-hydrogen) atoms. The smallest absolute Gasteiger partial charge is 0.260 e. The molecule has 0 aliphatic heterocycles. The van der Waals surface area contributed by atoms with Crippen LogP contribution in [0.25, 0.3) is 0 Å². The molecular formula is C22H25N3O3. The number of hydrogen-bond acceptors (Lipinski definition) is 4. The zero-order chi connectivity index (χ0) is 19.8. The van der Waals surface area contributed by atoms with Crippen LogP contribution < -0.4 is 9.47 Å². The minimum atomic E-state index is -0.0929. The van der Waals surface area contributed by atoms with Gasteiger partial charge in [0.25, 0.3) is 5.91 Å². The van der Waals surface area contributed by atoms with Crippen LogP contribution in [-0.2, 0) is 17.9 Å². The Morgan fingerprint density at radius 3 is 2.36 bits per heavy atom. The number of carbonyl (C=O) groups is 1. The highest BCUT2D eigenvalue weighted by atomic mass is 16.5. The van der Waals surface area contributed by atoms with Crippen LogP contribution in [0.15, 0.2) is 67.0 Å². The van der Waals surface area contributed by atoms with Crippen molar-refractivity contribution in [3.8, 4) is 11.5 Å². The van der Waals surface area contributed by atoms with Crippen LogP contribution in [0, 0.1) is 0 Å². The molecule has 0 saturated heterocycles. The molecular weight excluding hydrogens is 354 g/mol. The normalized spacial score (nSPS) is 10.5. The number of amides is 1. The molecule has 1 heterocycles. The summed E-state index contributed by atoms with van der Waals surface area (Å²) in [5.74, 6) is 1.33. The third-order valence-corrected chi connectivity index (χ3v) is 4.22. The molecule has 1 aromatic heterocycles. The zero-order valence-electron chi connectivity index (χ0n) is 16.2. The van der Waals surface area contributed by atoms with Crippen molar-refractivity contribution in [2.45, 2.75) is 20.0 Å². The van der Waals surface area contributed by atoms with E-state index in [0.29, 0.717) is 25.4 Å². The molecule has 0 bridgehead atoms. The van der Waals surface area contributed by atoms with Crippen LogP contribution in [0.2, 0.25) is 0 Å². The fourth-order valence-corrected chi connectivity index (χ4v) is 2.76. The lowest BCUT2D eigenvalue weighted by atomic mass is 10.2. The van der Waals surface area contributed by atoms with E-state index < -0.39 is 0 Å². The predicted octanol–water partition coefficient (Wildman–Crippen LogP) is 3.37. The summed E-state index contributed by atoms with van der Waals surface area (Å²) in [6, 6.07) is 17.4. The summed E-state index contributed by atoms with van der Waals surface area (Å²) in [4.78, 5) is 14.0. The van der Waals surface area contributed by atoms with Gasteiger partial charge in [0.1, 0.15) is 11.5 Å². The molecule has 0 aliphatic carbocycles. The largest absolute Gasteiger partial charge is 0.494 e. The average molecular weight is 379 g/mol. The van der Waals surface area contributed by atoms with E-state index in [1.807, 2.05) is 48.1 Å². The number of rotatable bonds is 9. The Hall–Kier alpha value is -3.28. The lowest BCUT2D eigenvalue weighted by Gasteiger charge is -2.16. The van der Waals surface area contributed by atoms with E-state index in [1.54, 1.807) is 30.3 Å². The number of aromatic nitrogens is 2. The molecule has 146 valence electrons. The summed E-state index contributed by atoms with van der Waals surface area (Å²) < 4.78 is 12.8. The SMILES string of the molecule is CCOc1ccc(OCC(=O)N(C)Cc2cnn(Cc3ccccc3)c2)cc1. The van der Waals surface area contributed by atoms with Crippen molar-refractivity contribution in [2.24, 2.45) is 0 Å². The number of hydrogen-bond donors (Lipinski definition) is 0. The van der Waals surface area contributed by atoms with E-state index in [2.05, 4.69) is 17.2 Å². The molecule has 0 spiro atoms. The first-order chi connectivity index (χ1) is 13.6. The van der Waals surface area contributed by atoms with Crippen molar-refractivity contribution in [3.63, 3.8) is 0 Å². The maximum absolute atomic E-state index is 12.3. The first kappa shape index (κ1) is 19.5. The van der Waals surface area contributed by atoms with E-state index in [0.717, 1.165) is 11.3 Å². The molecule has 3 aromatic rings. The molecule has 2 aromatic carbocycles. The molecule has 0 unspecified atom stereocenters. The van der Waals surface area contributed by atoms with E-state index in [1.165, 1.54) is 5.56 Å². The Morgan fingerprint density at radius 1 is 1.00 bits per heavy atom. The summed E-state index contributed by atoms with van der Waals surface area (Å²) in [5.41, 5.74) is 2.16. The minimum absolute atomic E-state index is 0.0113. The number of nitrogens with zero attached hydrogens (tertiary/aromatic N) is 3. The van der Waals surface area contributed by atoms with Crippen LogP contribution in [0.1, 0.15) is 18.1 Å². The zero-order valence-corrected chi connectivity index (χ0v) is 16.2. The van der Waals surface area contributed by atoms with E-state index in [9.17, 15) is 4.79 Å². The summed E-state index contributed by atoms with van der Waals surface area (Å²) in [6.07, 6.45) is 3.75. The molecule has 0 radical (unpaired) electrons. The van der Waals surface area contributed by atoms with Crippen LogP contribution >= 0.6 is 0 Å². The fourth-order valence-electron chi connectivity index (χ4n) is 2.76. The van der Waals surface area contributed by atoms with Gasteiger partial charge in [-0.2, -0.15) is 5.10 Å². The molecule has 0 atom stereocenters. The molecule has 0 fully saturated rings. The second-order valence-corrected chi connectivity index (χ2v) is 6.47. The molecule has 1 amide bonds. The van der Waals surface area contributed by atoms with E-state index in [-0.39, 0.29) is 12.5 Å². The Labute approximate surface area is 165 Å². The summed E-state index contributed by atoms with van der Waals surface area (Å²) in [6.45, 7) is 3.73. The predicted molar refractivity (Wildman–Crippen MR) is 107 cm³/mol. The van der Waals surface area contributed by atoms with Gasteiger partial charge in [-0.05, 0) is 36.8 Å². The lowest BCUT2D eigenvalue weighted by molar-refractivity contribution is -0.132. The monoisotopic (exact) mass is 379 g/mol. The van der Waals surface area contributed by atoms with Gasteiger partial charge in [-0.3, -0.25) is 9.48 Å². The first-order valence-corrected chi connectivity index (χ1v) is 9.29. The van der Waals surface area contributed by atoms with Gasteiger partial charge in [-0.25, -0.2) is 0 Å². The van der Waals surface area contributed by atoms with Crippen LogP contribution in [0.3, 0.4) is 0 Å². The highest BCUT2D eigenvalue weighted by molar-refractivity contribution is 5.77. The third kappa shape index (κ3) is 5.61. The van der Waals surface area contributed by atoms with Crippen LogP contribution in [-0.4, -0.2) is 40.8 Å². The van der Waals surface area contributed by atoms with E-state index in [4.69, 9.17) is 9.47 Å². The molecule has 0 N–H and O–H groups in total. The molecule has 0 saturated carbocycles. The molecule has 3 rings (SSSR count). The van der Waals surface area contributed by atoms with Gasteiger partial charge in [0.15, 0.2) is 6.61 Å². The van der Waals surface area contributed by atoms with Gasteiger partial charge >= 0.3 is 0 Å². The Bertz CT molecular complexity index is 876. The number of ether oxygens (including phenoxy) is 2.